The number of carbonyl (C=O) groups is 1. The van der Waals surface area contributed by atoms with Gasteiger partial charge >= 0.3 is 0 Å². The van der Waals surface area contributed by atoms with Crippen LogP contribution in [0.5, 0.6) is 0 Å². The Morgan fingerprint density at radius 1 is 0.867 bits per heavy atom. The molecule has 0 aliphatic heterocycles. The van der Waals surface area contributed by atoms with Crippen LogP contribution in [0.1, 0.15) is 42.4 Å². The lowest BCUT2D eigenvalue weighted by Crippen LogP contribution is -2.32. The molecule has 30 heavy (non-hydrogen) atoms. The molecular weight excluding hydrogens is 370 g/mol. The van der Waals surface area contributed by atoms with Crippen LogP contribution in [-0.4, -0.2) is 26.9 Å². The molecule has 0 spiro atoms. The number of hydrogen-bond donors (Lipinski definition) is 0. The van der Waals surface area contributed by atoms with Gasteiger partial charge in [0, 0.05) is 17.8 Å². The van der Waals surface area contributed by atoms with E-state index in [-0.39, 0.29) is 5.91 Å². The SMILES string of the molecule is CCCCCN(Cc1nc2ccccc2n1-c1ccccc1)C(=O)c1ccccc1. The van der Waals surface area contributed by atoms with E-state index in [1.807, 2.05) is 71.6 Å². The normalized spacial score (nSPS) is 11.0. The van der Waals surface area contributed by atoms with E-state index in [0.29, 0.717) is 6.54 Å². The van der Waals surface area contributed by atoms with E-state index in [0.717, 1.165) is 53.9 Å². The van der Waals surface area contributed by atoms with Crippen molar-refractivity contribution in [3.05, 3.63) is 96.3 Å². The lowest BCUT2D eigenvalue weighted by Gasteiger charge is -2.23. The van der Waals surface area contributed by atoms with Gasteiger partial charge in [-0.1, -0.05) is 68.3 Å². The Bertz CT molecular complexity index is 1100. The van der Waals surface area contributed by atoms with Gasteiger partial charge in [0.2, 0.25) is 0 Å². The number of fused-ring (bicyclic) bond motifs is 1. The van der Waals surface area contributed by atoms with Crippen molar-refractivity contribution in [1.29, 1.82) is 0 Å². The number of benzene rings is 3. The molecule has 0 N–H and O–H groups in total. The quantitative estimate of drug-likeness (QED) is 0.349. The van der Waals surface area contributed by atoms with E-state index in [1.165, 1.54) is 0 Å². The molecule has 0 aliphatic carbocycles. The summed E-state index contributed by atoms with van der Waals surface area (Å²) in [5.74, 6) is 0.932. The summed E-state index contributed by atoms with van der Waals surface area (Å²) in [5.41, 5.74) is 3.77. The maximum Gasteiger partial charge on any atom is 0.254 e. The highest BCUT2D eigenvalue weighted by Crippen LogP contribution is 2.23. The summed E-state index contributed by atoms with van der Waals surface area (Å²) >= 11 is 0. The van der Waals surface area contributed by atoms with E-state index in [2.05, 4.69) is 29.7 Å². The first-order valence-electron chi connectivity index (χ1n) is 10.6. The molecule has 1 heterocycles. The van der Waals surface area contributed by atoms with E-state index < -0.39 is 0 Å². The van der Waals surface area contributed by atoms with Crippen LogP contribution in [0.4, 0.5) is 0 Å². The second kappa shape index (κ2) is 9.40. The first-order chi connectivity index (χ1) is 14.8. The number of rotatable bonds is 8. The minimum Gasteiger partial charge on any atom is -0.331 e. The summed E-state index contributed by atoms with van der Waals surface area (Å²) in [4.78, 5) is 20.1. The number of carbonyl (C=O) groups excluding carboxylic acids is 1. The highest BCUT2D eigenvalue weighted by molar-refractivity contribution is 5.94. The standard InChI is InChI=1S/C26H27N3O/c1-2-3-12-19-28(26(30)21-13-6-4-7-14-21)20-25-27-23-17-10-11-18-24(23)29(25)22-15-8-5-9-16-22/h4-11,13-18H,2-3,12,19-20H2,1H3. The summed E-state index contributed by atoms with van der Waals surface area (Å²) in [5, 5.41) is 0. The van der Waals surface area contributed by atoms with Crippen molar-refractivity contribution in [2.75, 3.05) is 6.54 Å². The summed E-state index contributed by atoms with van der Waals surface area (Å²) in [6, 6.07) is 27.9. The van der Waals surface area contributed by atoms with Gasteiger partial charge in [0.25, 0.3) is 5.91 Å². The summed E-state index contributed by atoms with van der Waals surface area (Å²) in [6.45, 7) is 3.37. The molecular formula is C26H27N3O. The Kier molecular flexibility index (Phi) is 6.23. The number of aromatic nitrogens is 2. The summed E-state index contributed by atoms with van der Waals surface area (Å²) in [6.07, 6.45) is 3.21. The summed E-state index contributed by atoms with van der Waals surface area (Å²) in [7, 11) is 0. The second-order valence-electron chi connectivity index (χ2n) is 7.49. The molecule has 3 aromatic carbocycles. The predicted molar refractivity (Wildman–Crippen MR) is 122 cm³/mol. The van der Waals surface area contributed by atoms with Crippen molar-refractivity contribution < 1.29 is 4.79 Å². The van der Waals surface area contributed by atoms with Crippen LogP contribution in [0.15, 0.2) is 84.9 Å². The fourth-order valence-electron chi connectivity index (χ4n) is 3.79. The largest absolute Gasteiger partial charge is 0.331 e. The van der Waals surface area contributed by atoms with Crippen molar-refractivity contribution in [3.63, 3.8) is 0 Å². The van der Waals surface area contributed by atoms with Crippen LogP contribution in [0, 0.1) is 0 Å². The van der Waals surface area contributed by atoms with Crippen molar-refractivity contribution in [1.82, 2.24) is 14.5 Å². The zero-order valence-electron chi connectivity index (χ0n) is 17.4. The molecule has 0 saturated carbocycles. The molecule has 0 aliphatic rings. The van der Waals surface area contributed by atoms with Crippen LogP contribution in [0.2, 0.25) is 0 Å². The first-order valence-corrected chi connectivity index (χ1v) is 10.6. The Morgan fingerprint density at radius 3 is 2.27 bits per heavy atom. The Morgan fingerprint density at radius 2 is 1.53 bits per heavy atom. The number of nitrogens with zero attached hydrogens (tertiary/aromatic N) is 3. The molecule has 0 unspecified atom stereocenters. The monoisotopic (exact) mass is 397 g/mol. The highest BCUT2D eigenvalue weighted by Gasteiger charge is 2.20. The molecule has 0 fully saturated rings. The average Bonchev–Trinajstić information content (AvgIpc) is 3.17. The Labute approximate surface area is 177 Å². The Hall–Kier alpha value is -3.40. The average molecular weight is 398 g/mol. The zero-order valence-corrected chi connectivity index (χ0v) is 17.4. The summed E-state index contributed by atoms with van der Waals surface area (Å²) < 4.78 is 2.17. The smallest absolute Gasteiger partial charge is 0.254 e. The minimum absolute atomic E-state index is 0.0540. The lowest BCUT2D eigenvalue weighted by molar-refractivity contribution is 0.0735. The maximum atomic E-state index is 13.3. The van der Waals surface area contributed by atoms with Gasteiger partial charge in [-0.25, -0.2) is 4.98 Å². The fourth-order valence-corrected chi connectivity index (χ4v) is 3.79. The van der Waals surface area contributed by atoms with Gasteiger partial charge in [-0.15, -0.1) is 0 Å². The zero-order chi connectivity index (χ0) is 20.8. The molecule has 1 aromatic heterocycles. The fraction of sp³-hybridized carbons (Fsp3) is 0.231. The molecule has 0 atom stereocenters. The predicted octanol–water partition coefficient (Wildman–Crippen LogP) is 5.86. The lowest BCUT2D eigenvalue weighted by atomic mass is 10.1. The first kappa shape index (κ1) is 19.9. The van der Waals surface area contributed by atoms with E-state index >= 15 is 0 Å². The molecule has 4 aromatic rings. The van der Waals surface area contributed by atoms with Crippen LogP contribution in [0.3, 0.4) is 0 Å². The van der Waals surface area contributed by atoms with Crippen LogP contribution >= 0.6 is 0 Å². The topological polar surface area (TPSA) is 38.1 Å². The number of imidazole rings is 1. The van der Waals surface area contributed by atoms with Crippen molar-refractivity contribution in [2.45, 2.75) is 32.7 Å². The van der Waals surface area contributed by atoms with Crippen molar-refractivity contribution in [3.8, 4) is 5.69 Å². The van der Waals surface area contributed by atoms with E-state index in [1.54, 1.807) is 0 Å². The van der Waals surface area contributed by atoms with Gasteiger partial charge in [-0.05, 0) is 42.8 Å². The molecule has 0 saturated heterocycles. The molecule has 0 bridgehead atoms. The van der Waals surface area contributed by atoms with E-state index in [4.69, 9.17) is 4.98 Å². The van der Waals surface area contributed by atoms with Crippen molar-refractivity contribution >= 4 is 16.9 Å². The van der Waals surface area contributed by atoms with Gasteiger partial charge in [-0.3, -0.25) is 9.36 Å². The van der Waals surface area contributed by atoms with Crippen molar-refractivity contribution in [2.24, 2.45) is 0 Å². The third kappa shape index (κ3) is 4.28. The van der Waals surface area contributed by atoms with Crippen LogP contribution < -0.4 is 0 Å². The van der Waals surface area contributed by atoms with Gasteiger partial charge in [0.15, 0.2) is 0 Å². The number of para-hydroxylation sites is 3. The number of hydrogen-bond acceptors (Lipinski definition) is 2. The Balaban J connectivity index is 1.73. The molecule has 4 nitrogen and oxygen atoms in total. The number of unbranched alkanes of at least 4 members (excludes halogenated alkanes) is 2. The van der Waals surface area contributed by atoms with E-state index in [9.17, 15) is 4.79 Å². The minimum atomic E-state index is 0.0540. The third-order valence-corrected chi connectivity index (χ3v) is 5.32. The third-order valence-electron chi connectivity index (χ3n) is 5.32. The van der Waals surface area contributed by atoms with Gasteiger partial charge in [0.05, 0.1) is 17.6 Å². The molecule has 4 rings (SSSR count). The van der Waals surface area contributed by atoms with Crippen LogP contribution in [0.25, 0.3) is 16.7 Å². The maximum absolute atomic E-state index is 13.3. The molecule has 1 amide bonds. The highest BCUT2D eigenvalue weighted by atomic mass is 16.2. The van der Waals surface area contributed by atoms with Gasteiger partial charge < -0.3 is 4.90 Å². The number of amides is 1. The van der Waals surface area contributed by atoms with Gasteiger partial charge in [-0.2, -0.15) is 0 Å². The van der Waals surface area contributed by atoms with Crippen LogP contribution in [-0.2, 0) is 6.54 Å². The molecule has 4 heteroatoms. The molecule has 152 valence electrons. The molecule has 0 radical (unpaired) electrons. The second-order valence-corrected chi connectivity index (χ2v) is 7.49. The van der Waals surface area contributed by atoms with Gasteiger partial charge in [0.1, 0.15) is 5.82 Å².